The first-order valence-corrected chi connectivity index (χ1v) is 8.67. The number of primary sulfonamides is 1. The number of nitro groups is 1. The van der Waals surface area contributed by atoms with Gasteiger partial charge in [-0.2, -0.15) is 0 Å². The van der Waals surface area contributed by atoms with Crippen molar-refractivity contribution in [3.8, 4) is 5.75 Å². The quantitative estimate of drug-likeness (QED) is 0.575. The first kappa shape index (κ1) is 19.3. The zero-order valence-corrected chi connectivity index (χ0v) is 14.2. The standard InChI is InChI=1S/C15H14FN3O6S/c1-9(25-14-8-10(16)2-7-13(14)19(21)22)15(20)18-11-3-5-12(6-4-11)26(17,23)24/h2-9H,1H3,(H,18,20)(H2,17,23,24)/t9-/m1/s1. The van der Waals surface area contributed by atoms with Crippen LogP contribution in [0.5, 0.6) is 5.75 Å². The lowest BCUT2D eigenvalue weighted by Crippen LogP contribution is -2.30. The van der Waals surface area contributed by atoms with Gasteiger partial charge in [-0.25, -0.2) is 17.9 Å². The van der Waals surface area contributed by atoms with Crippen molar-refractivity contribution < 1.29 is 27.3 Å². The number of amides is 1. The van der Waals surface area contributed by atoms with Gasteiger partial charge in [-0.3, -0.25) is 14.9 Å². The van der Waals surface area contributed by atoms with E-state index in [2.05, 4.69) is 5.32 Å². The smallest absolute Gasteiger partial charge is 0.311 e. The van der Waals surface area contributed by atoms with E-state index in [1.54, 1.807) is 0 Å². The van der Waals surface area contributed by atoms with Crippen LogP contribution in [-0.2, 0) is 14.8 Å². The number of benzene rings is 2. The summed E-state index contributed by atoms with van der Waals surface area (Å²) in [5.74, 6) is -1.81. The van der Waals surface area contributed by atoms with E-state index >= 15 is 0 Å². The number of ether oxygens (including phenoxy) is 1. The summed E-state index contributed by atoms with van der Waals surface area (Å²) in [7, 11) is -3.86. The van der Waals surface area contributed by atoms with Gasteiger partial charge in [0.25, 0.3) is 5.91 Å². The summed E-state index contributed by atoms with van der Waals surface area (Å²) in [4.78, 5) is 22.2. The van der Waals surface area contributed by atoms with E-state index in [9.17, 15) is 27.7 Å². The van der Waals surface area contributed by atoms with Crippen LogP contribution in [0.2, 0.25) is 0 Å². The van der Waals surface area contributed by atoms with Crippen LogP contribution >= 0.6 is 0 Å². The molecule has 0 radical (unpaired) electrons. The van der Waals surface area contributed by atoms with Gasteiger partial charge in [0.1, 0.15) is 5.82 Å². The first-order valence-electron chi connectivity index (χ1n) is 7.12. The molecule has 0 saturated carbocycles. The van der Waals surface area contributed by atoms with Gasteiger partial charge in [0.15, 0.2) is 6.10 Å². The molecule has 138 valence electrons. The number of carbonyl (C=O) groups is 1. The zero-order chi connectivity index (χ0) is 19.5. The van der Waals surface area contributed by atoms with Gasteiger partial charge in [-0.05, 0) is 37.3 Å². The first-order chi connectivity index (χ1) is 12.1. The fraction of sp³-hybridized carbons (Fsp3) is 0.133. The third-order valence-electron chi connectivity index (χ3n) is 3.24. The molecular formula is C15H14FN3O6S. The number of nitro benzene ring substituents is 1. The summed E-state index contributed by atoms with van der Waals surface area (Å²) in [6.07, 6.45) is -1.19. The number of anilines is 1. The van der Waals surface area contributed by atoms with E-state index in [0.29, 0.717) is 0 Å². The molecule has 1 atom stereocenters. The zero-order valence-electron chi connectivity index (χ0n) is 13.4. The van der Waals surface area contributed by atoms with Crippen LogP contribution in [0.4, 0.5) is 15.8 Å². The molecule has 0 aromatic heterocycles. The highest BCUT2D eigenvalue weighted by atomic mass is 32.2. The Hall–Kier alpha value is -3.05. The summed E-state index contributed by atoms with van der Waals surface area (Å²) < 4.78 is 40.8. The normalized spacial score (nSPS) is 12.3. The number of nitrogens with one attached hydrogen (secondary N) is 1. The second-order valence-electron chi connectivity index (χ2n) is 5.19. The van der Waals surface area contributed by atoms with Crippen LogP contribution in [0, 0.1) is 15.9 Å². The van der Waals surface area contributed by atoms with E-state index in [1.807, 2.05) is 0 Å². The Balaban J connectivity index is 2.11. The maximum Gasteiger partial charge on any atom is 0.311 e. The fourth-order valence-electron chi connectivity index (χ4n) is 1.95. The Morgan fingerprint density at radius 2 is 1.88 bits per heavy atom. The lowest BCUT2D eigenvalue weighted by Gasteiger charge is -2.15. The minimum absolute atomic E-state index is 0.129. The summed E-state index contributed by atoms with van der Waals surface area (Å²) >= 11 is 0. The Morgan fingerprint density at radius 3 is 2.42 bits per heavy atom. The summed E-state index contributed by atoms with van der Waals surface area (Å²) in [5.41, 5.74) is -0.227. The highest BCUT2D eigenvalue weighted by molar-refractivity contribution is 7.89. The number of hydrogen-bond acceptors (Lipinski definition) is 6. The molecule has 2 aromatic rings. The average Bonchev–Trinajstić information content (AvgIpc) is 2.54. The van der Waals surface area contributed by atoms with E-state index in [4.69, 9.17) is 9.88 Å². The molecule has 0 spiro atoms. The minimum Gasteiger partial charge on any atom is -0.474 e. The van der Waals surface area contributed by atoms with Crippen molar-refractivity contribution in [1.29, 1.82) is 0 Å². The number of halogens is 1. The van der Waals surface area contributed by atoms with Gasteiger partial charge in [-0.1, -0.05) is 0 Å². The van der Waals surface area contributed by atoms with Gasteiger partial charge in [0.2, 0.25) is 15.8 Å². The topological polar surface area (TPSA) is 142 Å². The molecule has 2 rings (SSSR count). The molecule has 0 aliphatic heterocycles. The van der Waals surface area contributed by atoms with Gasteiger partial charge < -0.3 is 10.1 Å². The summed E-state index contributed by atoms with van der Waals surface area (Å²) in [6, 6.07) is 7.68. The molecule has 3 N–H and O–H groups in total. The molecule has 9 nitrogen and oxygen atoms in total. The maximum absolute atomic E-state index is 13.3. The Labute approximate surface area is 147 Å². The van der Waals surface area contributed by atoms with Crippen LogP contribution in [0.1, 0.15) is 6.92 Å². The highest BCUT2D eigenvalue weighted by Gasteiger charge is 2.22. The van der Waals surface area contributed by atoms with Crippen molar-refractivity contribution in [2.45, 2.75) is 17.9 Å². The lowest BCUT2D eigenvalue weighted by atomic mass is 10.2. The molecule has 0 bridgehead atoms. The summed E-state index contributed by atoms with van der Waals surface area (Å²) in [5, 5.41) is 18.3. The maximum atomic E-state index is 13.3. The second kappa shape index (κ2) is 7.45. The van der Waals surface area contributed by atoms with Gasteiger partial charge in [-0.15, -0.1) is 0 Å². The average molecular weight is 383 g/mol. The molecule has 2 aromatic carbocycles. The molecule has 0 saturated heterocycles. The van der Waals surface area contributed by atoms with E-state index < -0.39 is 38.5 Å². The van der Waals surface area contributed by atoms with Crippen molar-refractivity contribution in [2.75, 3.05) is 5.32 Å². The van der Waals surface area contributed by atoms with Crippen molar-refractivity contribution in [1.82, 2.24) is 0 Å². The lowest BCUT2D eigenvalue weighted by molar-refractivity contribution is -0.386. The van der Waals surface area contributed by atoms with Crippen LogP contribution in [-0.4, -0.2) is 25.4 Å². The van der Waals surface area contributed by atoms with Gasteiger partial charge >= 0.3 is 5.69 Å². The van der Waals surface area contributed by atoms with E-state index in [-0.39, 0.29) is 16.3 Å². The molecule has 0 fully saturated rings. The SMILES string of the molecule is C[C@@H](Oc1cc(F)ccc1[N+](=O)[O-])C(=O)Nc1ccc(S(N)(=O)=O)cc1. The Kier molecular flexibility index (Phi) is 5.53. The second-order valence-corrected chi connectivity index (χ2v) is 6.75. The number of nitrogens with two attached hydrogens (primary N) is 1. The molecule has 0 unspecified atom stereocenters. The molecule has 1 amide bonds. The van der Waals surface area contributed by atoms with Crippen molar-refractivity contribution in [3.05, 3.63) is 58.4 Å². The van der Waals surface area contributed by atoms with Crippen LogP contribution in [0.25, 0.3) is 0 Å². The Morgan fingerprint density at radius 1 is 1.27 bits per heavy atom. The molecule has 0 heterocycles. The fourth-order valence-corrected chi connectivity index (χ4v) is 2.46. The summed E-state index contributed by atoms with van der Waals surface area (Å²) in [6.45, 7) is 1.32. The molecule has 0 aliphatic rings. The van der Waals surface area contributed by atoms with Gasteiger partial charge in [0, 0.05) is 17.8 Å². The number of carbonyl (C=O) groups excluding carboxylic acids is 1. The molecule has 26 heavy (non-hydrogen) atoms. The highest BCUT2D eigenvalue weighted by Crippen LogP contribution is 2.28. The number of nitrogens with zero attached hydrogens (tertiary/aromatic N) is 1. The largest absolute Gasteiger partial charge is 0.474 e. The molecule has 0 aliphatic carbocycles. The monoisotopic (exact) mass is 383 g/mol. The Bertz CT molecular complexity index is 946. The number of sulfonamides is 1. The molecular weight excluding hydrogens is 369 g/mol. The van der Waals surface area contributed by atoms with Crippen molar-refractivity contribution in [3.63, 3.8) is 0 Å². The van der Waals surface area contributed by atoms with Crippen LogP contribution < -0.4 is 15.2 Å². The third-order valence-corrected chi connectivity index (χ3v) is 4.17. The van der Waals surface area contributed by atoms with Crippen LogP contribution in [0.3, 0.4) is 0 Å². The minimum atomic E-state index is -3.86. The number of hydrogen-bond donors (Lipinski definition) is 2. The molecule has 11 heteroatoms. The predicted molar refractivity (Wildman–Crippen MR) is 89.6 cm³/mol. The predicted octanol–water partition coefficient (Wildman–Crippen LogP) is 1.79. The van der Waals surface area contributed by atoms with E-state index in [1.165, 1.54) is 31.2 Å². The third kappa shape index (κ3) is 4.74. The number of rotatable bonds is 6. The van der Waals surface area contributed by atoms with E-state index in [0.717, 1.165) is 18.2 Å². The van der Waals surface area contributed by atoms with Crippen molar-refractivity contribution >= 4 is 27.3 Å². The van der Waals surface area contributed by atoms with Crippen molar-refractivity contribution in [2.24, 2.45) is 5.14 Å². The van der Waals surface area contributed by atoms with Gasteiger partial charge in [0.05, 0.1) is 9.82 Å². The van der Waals surface area contributed by atoms with Crippen LogP contribution in [0.15, 0.2) is 47.4 Å².